The van der Waals surface area contributed by atoms with Gasteiger partial charge in [-0.2, -0.15) is 0 Å². The van der Waals surface area contributed by atoms with Gasteiger partial charge in [0.05, 0.1) is 0 Å². The molecule has 0 saturated carbocycles. The summed E-state index contributed by atoms with van der Waals surface area (Å²) in [5.74, 6) is 0. The first-order chi connectivity index (χ1) is 9.21. The number of halogens is 2. The van der Waals surface area contributed by atoms with Crippen molar-refractivity contribution < 1.29 is 0 Å². The molecule has 0 aliphatic carbocycles. The maximum Gasteiger partial charge on any atom is 0.0406 e. The van der Waals surface area contributed by atoms with Crippen molar-refractivity contribution >= 4 is 23.2 Å². The van der Waals surface area contributed by atoms with Gasteiger partial charge in [0, 0.05) is 16.6 Å². The maximum atomic E-state index is 5.90. The van der Waals surface area contributed by atoms with Gasteiger partial charge in [0.15, 0.2) is 0 Å². The van der Waals surface area contributed by atoms with E-state index in [1.54, 1.807) is 0 Å². The minimum absolute atomic E-state index is 0.241. The van der Waals surface area contributed by atoms with Crippen molar-refractivity contribution in [2.75, 3.05) is 7.05 Å². The van der Waals surface area contributed by atoms with E-state index in [0.29, 0.717) is 0 Å². The molecular formula is C16H19Cl2N. The molecule has 0 aromatic heterocycles. The molecule has 19 heavy (non-hydrogen) atoms. The van der Waals surface area contributed by atoms with E-state index < -0.39 is 0 Å². The van der Waals surface area contributed by atoms with Crippen LogP contribution >= 0.6 is 23.2 Å². The Morgan fingerprint density at radius 1 is 1.32 bits per heavy atom. The molecule has 0 amide bonds. The molecule has 0 aliphatic rings. The summed E-state index contributed by atoms with van der Waals surface area (Å²) in [5.41, 5.74) is 3.95. The zero-order valence-electron chi connectivity index (χ0n) is 11.2. The second kappa shape index (κ2) is 8.98. The standard InChI is InChI=1S/C16H19Cl2N/c1-3-5-14(6-4-11-17)16(19-2)12-13-7-9-15(18)10-8-13/h3-11,16,19H,12H2,1-2H3/b5-3-,11-4+,14-6+. The quantitative estimate of drug-likeness (QED) is 0.749. The monoisotopic (exact) mass is 295 g/mol. The lowest BCUT2D eigenvalue weighted by atomic mass is 9.98. The lowest BCUT2D eigenvalue weighted by molar-refractivity contribution is 0.643. The smallest absolute Gasteiger partial charge is 0.0406 e. The van der Waals surface area contributed by atoms with Gasteiger partial charge in [-0.3, -0.25) is 0 Å². The Morgan fingerprint density at radius 3 is 2.53 bits per heavy atom. The summed E-state index contributed by atoms with van der Waals surface area (Å²) in [4.78, 5) is 0. The minimum atomic E-state index is 0.241. The van der Waals surface area contributed by atoms with E-state index in [-0.39, 0.29) is 6.04 Å². The number of hydrogen-bond acceptors (Lipinski definition) is 1. The summed E-state index contributed by atoms with van der Waals surface area (Å²) in [6, 6.07) is 8.18. The molecule has 0 heterocycles. The molecule has 1 aromatic rings. The molecule has 1 N–H and O–H groups in total. The summed E-state index contributed by atoms with van der Waals surface area (Å²) in [6.45, 7) is 2.01. The highest BCUT2D eigenvalue weighted by Gasteiger charge is 2.10. The summed E-state index contributed by atoms with van der Waals surface area (Å²) in [7, 11) is 1.96. The number of rotatable bonds is 6. The van der Waals surface area contributed by atoms with Gasteiger partial charge < -0.3 is 5.32 Å². The van der Waals surface area contributed by atoms with Crippen molar-refractivity contribution in [2.24, 2.45) is 0 Å². The zero-order chi connectivity index (χ0) is 14.1. The molecule has 1 rings (SSSR count). The minimum Gasteiger partial charge on any atom is -0.313 e. The third-order valence-electron chi connectivity index (χ3n) is 2.82. The lowest BCUT2D eigenvalue weighted by Crippen LogP contribution is -2.29. The molecule has 0 spiro atoms. The molecule has 3 heteroatoms. The fraction of sp³-hybridized carbons (Fsp3) is 0.250. The Hall–Kier alpha value is -1.02. The Bertz CT molecular complexity index is 458. The van der Waals surface area contributed by atoms with Crippen molar-refractivity contribution in [3.05, 3.63) is 70.3 Å². The van der Waals surface area contributed by atoms with Gasteiger partial charge in [-0.25, -0.2) is 0 Å². The SMILES string of the molecule is C\C=C/C(=C\C=C\Cl)C(Cc1ccc(Cl)cc1)NC. The molecule has 1 atom stereocenters. The Morgan fingerprint density at radius 2 is 2.00 bits per heavy atom. The fourth-order valence-electron chi connectivity index (χ4n) is 1.87. The first-order valence-corrected chi connectivity index (χ1v) is 7.04. The van der Waals surface area contributed by atoms with E-state index >= 15 is 0 Å². The number of allylic oxidation sites excluding steroid dienone is 3. The summed E-state index contributed by atoms with van der Waals surface area (Å²) >= 11 is 11.5. The molecule has 0 saturated heterocycles. The van der Waals surface area contributed by atoms with Crippen LogP contribution in [0.2, 0.25) is 5.02 Å². The predicted octanol–water partition coefficient (Wildman–Crippen LogP) is 4.73. The van der Waals surface area contributed by atoms with Gasteiger partial charge >= 0.3 is 0 Å². The van der Waals surface area contributed by atoms with Crippen molar-refractivity contribution in [3.8, 4) is 0 Å². The Balaban J connectivity index is 2.88. The Labute approximate surface area is 125 Å². The number of nitrogens with one attached hydrogen (secondary N) is 1. The molecule has 0 fully saturated rings. The van der Waals surface area contributed by atoms with Crippen molar-refractivity contribution in [1.82, 2.24) is 5.32 Å². The van der Waals surface area contributed by atoms with Crippen LogP contribution in [0.5, 0.6) is 0 Å². The highest BCUT2D eigenvalue weighted by Crippen LogP contribution is 2.15. The number of benzene rings is 1. The predicted molar refractivity (Wildman–Crippen MR) is 85.9 cm³/mol. The lowest BCUT2D eigenvalue weighted by Gasteiger charge is -2.17. The molecule has 1 aromatic carbocycles. The molecule has 1 unspecified atom stereocenters. The van der Waals surface area contributed by atoms with Gasteiger partial charge in [0.2, 0.25) is 0 Å². The van der Waals surface area contributed by atoms with Crippen molar-refractivity contribution in [1.29, 1.82) is 0 Å². The van der Waals surface area contributed by atoms with Gasteiger partial charge in [-0.05, 0) is 43.7 Å². The van der Waals surface area contributed by atoms with Crippen LogP contribution in [0.15, 0.2) is 59.7 Å². The molecule has 0 aliphatic heterocycles. The average molecular weight is 296 g/mol. The third-order valence-corrected chi connectivity index (χ3v) is 3.22. The van der Waals surface area contributed by atoms with E-state index in [1.807, 2.05) is 44.3 Å². The van der Waals surface area contributed by atoms with Crippen LogP contribution in [0.1, 0.15) is 12.5 Å². The van der Waals surface area contributed by atoms with Gasteiger partial charge in [0.1, 0.15) is 0 Å². The van der Waals surface area contributed by atoms with Gasteiger partial charge in [0.25, 0.3) is 0 Å². The van der Waals surface area contributed by atoms with Crippen LogP contribution in [0, 0.1) is 0 Å². The van der Waals surface area contributed by atoms with Crippen LogP contribution in [0.25, 0.3) is 0 Å². The fourth-order valence-corrected chi connectivity index (χ4v) is 2.07. The highest BCUT2D eigenvalue weighted by atomic mass is 35.5. The maximum absolute atomic E-state index is 5.90. The van der Waals surface area contributed by atoms with Crippen LogP contribution < -0.4 is 5.32 Å². The van der Waals surface area contributed by atoms with Crippen molar-refractivity contribution in [3.63, 3.8) is 0 Å². The highest BCUT2D eigenvalue weighted by molar-refractivity contribution is 6.30. The molecular weight excluding hydrogens is 277 g/mol. The van der Waals surface area contributed by atoms with Gasteiger partial charge in [-0.15, -0.1) is 0 Å². The Kier molecular flexibility index (Phi) is 7.57. The summed E-state index contributed by atoms with van der Waals surface area (Å²) in [5, 5.41) is 4.09. The van der Waals surface area contributed by atoms with Crippen LogP contribution in [0.3, 0.4) is 0 Å². The molecule has 0 radical (unpaired) electrons. The van der Waals surface area contributed by atoms with E-state index in [2.05, 4.69) is 23.5 Å². The largest absolute Gasteiger partial charge is 0.313 e. The molecule has 0 bridgehead atoms. The van der Waals surface area contributed by atoms with E-state index in [4.69, 9.17) is 23.2 Å². The first kappa shape index (κ1) is 16.0. The third kappa shape index (κ3) is 5.65. The topological polar surface area (TPSA) is 12.0 Å². The van der Waals surface area contributed by atoms with Crippen LogP contribution in [0.4, 0.5) is 0 Å². The van der Waals surface area contributed by atoms with Crippen LogP contribution in [-0.2, 0) is 6.42 Å². The summed E-state index contributed by atoms with van der Waals surface area (Å²) in [6.07, 6.45) is 8.88. The number of likely N-dealkylation sites (N-methyl/N-ethyl adjacent to an activating group) is 1. The molecule has 1 nitrogen and oxygen atoms in total. The normalized spacial score (nSPS) is 14.4. The first-order valence-electron chi connectivity index (χ1n) is 6.22. The second-order valence-corrected chi connectivity index (χ2v) is 4.85. The number of hydrogen-bond donors (Lipinski definition) is 1. The van der Waals surface area contributed by atoms with E-state index in [9.17, 15) is 0 Å². The van der Waals surface area contributed by atoms with Gasteiger partial charge in [-0.1, -0.05) is 59.6 Å². The summed E-state index contributed by atoms with van der Waals surface area (Å²) < 4.78 is 0. The second-order valence-electron chi connectivity index (χ2n) is 4.16. The van der Waals surface area contributed by atoms with Crippen molar-refractivity contribution in [2.45, 2.75) is 19.4 Å². The zero-order valence-corrected chi connectivity index (χ0v) is 12.7. The average Bonchev–Trinajstić information content (AvgIpc) is 2.43. The van der Waals surface area contributed by atoms with E-state index in [1.165, 1.54) is 16.7 Å². The van der Waals surface area contributed by atoms with E-state index in [0.717, 1.165) is 11.4 Å². The molecule has 102 valence electrons. The van der Waals surface area contributed by atoms with Crippen LogP contribution in [-0.4, -0.2) is 13.1 Å².